The standard InChI is InChI=1S/C25H18FNO3/c1-2-23(18-8-4-3-5-9-18)29-19-14-12-17(13-15-19)16-22-25(28)30-24(27-22)20-10-6-7-11-21(20)26/h2-16,23H,1H2/b22-16-. The van der Waals surface area contributed by atoms with Crippen LogP contribution in [0.4, 0.5) is 4.39 Å². The summed E-state index contributed by atoms with van der Waals surface area (Å²) in [5, 5.41) is 0. The number of rotatable bonds is 6. The van der Waals surface area contributed by atoms with E-state index in [4.69, 9.17) is 9.47 Å². The van der Waals surface area contributed by atoms with Gasteiger partial charge in [0.2, 0.25) is 5.90 Å². The molecule has 0 radical (unpaired) electrons. The van der Waals surface area contributed by atoms with Crippen LogP contribution in [0, 0.1) is 5.82 Å². The van der Waals surface area contributed by atoms with Crippen LogP contribution in [-0.4, -0.2) is 11.9 Å². The fourth-order valence-electron chi connectivity index (χ4n) is 3.00. The Hall–Kier alpha value is -3.99. The number of halogens is 1. The summed E-state index contributed by atoms with van der Waals surface area (Å²) < 4.78 is 25.0. The average Bonchev–Trinajstić information content (AvgIpc) is 3.14. The highest BCUT2D eigenvalue weighted by molar-refractivity contribution is 6.12. The van der Waals surface area contributed by atoms with Crippen LogP contribution < -0.4 is 4.74 Å². The van der Waals surface area contributed by atoms with Gasteiger partial charge in [-0.15, -0.1) is 0 Å². The maximum Gasteiger partial charge on any atom is 0.363 e. The summed E-state index contributed by atoms with van der Waals surface area (Å²) in [5.74, 6) is -0.497. The Balaban J connectivity index is 1.51. The lowest BCUT2D eigenvalue weighted by Crippen LogP contribution is -2.07. The lowest BCUT2D eigenvalue weighted by molar-refractivity contribution is -0.129. The number of nitrogens with zero attached hydrogens (tertiary/aromatic N) is 1. The van der Waals surface area contributed by atoms with Crippen molar-refractivity contribution in [2.24, 2.45) is 4.99 Å². The monoisotopic (exact) mass is 399 g/mol. The first-order valence-corrected chi connectivity index (χ1v) is 9.36. The van der Waals surface area contributed by atoms with Gasteiger partial charge in [0.25, 0.3) is 0 Å². The molecular formula is C25H18FNO3. The Labute approximate surface area is 173 Å². The van der Waals surface area contributed by atoms with Crippen LogP contribution in [0.3, 0.4) is 0 Å². The van der Waals surface area contributed by atoms with E-state index >= 15 is 0 Å². The summed E-state index contributed by atoms with van der Waals surface area (Å²) in [4.78, 5) is 16.3. The van der Waals surface area contributed by atoms with Crippen molar-refractivity contribution in [1.29, 1.82) is 0 Å². The molecule has 0 saturated carbocycles. The van der Waals surface area contributed by atoms with Crippen molar-refractivity contribution in [3.63, 3.8) is 0 Å². The number of hydrogen-bond donors (Lipinski definition) is 0. The number of carbonyl (C=O) groups is 1. The molecule has 1 unspecified atom stereocenters. The van der Waals surface area contributed by atoms with E-state index in [-0.39, 0.29) is 23.3 Å². The van der Waals surface area contributed by atoms with Gasteiger partial charge in [0, 0.05) is 0 Å². The van der Waals surface area contributed by atoms with Gasteiger partial charge in [-0.05, 0) is 47.5 Å². The second-order valence-electron chi connectivity index (χ2n) is 6.57. The van der Waals surface area contributed by atoms with Crippen LogP contribution in [0.15, 0.2) is 102 Å². The van der Waals surface area contributed by atoms with E-state index < -0.39 is 11.8 Å². The molecule has 3 aromatic carbocycles. The van der Waals surface area contributed by atoms with Gasteiger partial charge in [-0.2, -0.15) is 0 Å². The summed E-state index contributed by atoms with van der Waals surface area (Å²) in [6.45, 7) is 3.84. The molecule has 1 atom stereocenters. The molecule has 0 aliphatic carbocycles. The van der Waals surface area contributed by atoms with Gasteiger partial charge in [-0.25, -0.2) is 14.2 Å². The topological polar surface area (TPSA) is 47.9 Å². The Morgan fingerprint density at radius 1 is 0.967 bits per heavy atom. The SMILES string of the molecule is C=CC(Oc1ccc(/C=C2\N=C(c3ccccc3F)OC2=O)cc1)c1ccccc1. The van der Waals surface area contributed by atoms with Crippen molar-refractivity contribution in [2.45, 2.75) is 6.10 Å². The van der Waals surface area contributed by atoms with Crippen molar-refractivity contribution in [2.75, 3.05) is 0 Å². The third-order valence-corrected chi connectivity index (χ3v) is 4.51. The highest BCUT2D eigenvalue weighted by atomic mass is 19.1. The third-order valence-electron chi connectivity index (χ3n) is 4.51. The van der Waals surface area contributed by atoms with Crippen LogP contribution in [0.5, 0.6) is 5.75 Å². The molecule has 0 saturated heterocycles. The first kappa shape index (κ1) is 19.3. The largest absolute Gasteiger partial charge is 0.482 e. The van der Waals surface area contributed by atoms with E-state index in [0.29, 0.717) is 5.75 Å². The van der Waals surface area contributed by atoms with Crippen molar-refractivity contribution < 1.29 is 18.7 Å². The van der Waals surface area contributed by atoms with E-state index in [1.54, 1.807) is 48.6 Å². The van der Waals surface area contributed by atoms with Gasteiger partial charge in [0.15, 0.2) is 5.70 Å². The van der Waals surface area contributed by atoms with Gasteiger partial charge in [0.05, 0.1) is 5.56 Å². The maximum absolute atomic E-state index is 13.9. The first-order chi connectivity index (χ1) is 14.6. The average molecular weight is 399 g/mol. The van der Waals surface area contributed by atoms with Gasteiger partial charge in [-0.3, -0.25) is 0 Å². The maximum atomic E-state index is 13.9. The molecule has 3 aromatic rings. The van der Waals surface area contributed by atoms with Gasteiger partial charge < -0.3 is 9.47 Å². The highest BCUT2D eigenvalue weighted by Gasteiger charge is 2.25. The lowest BCUT2D eigenvalue weighted by Gasteiger charge is -2.16. The van der Waals surface area contributed by atoms with E-state index in [9.17, 15) is 9.18 Å². The summed E-state index contributed by atoms with van der Waals surface area (Å²) >= 11 is 0. The quantitative estimate of drug-likeness (QED) is 0.313. The molecule has 4 rings (SSSR count). The molecular weight excluding hydrogens is 381 g/mol. The van der Waals surface area contributed by atoms with Crippen LogP contribution in [0.25, 0.3) is 6.08 Å². The fourth-order valence-corrected chi connectivity index (χ4v) is 3.00. The van der Waals surface area contributed by atoms with Crippen molar-refractivity contribution >= 4 is 17.9 Å². The molecule has 1 aliphatic heterocycles. The van der Waals surface area contributed by atoms with Gasteiger partial charge in [-0.1, -0.05) is 61.2 Å². The number of aliphatic imine (C=N–C) groups is 1. The highest BCUT2D eigenvalue weighted by Crippen LogP contribution is 2.25. The zero-order chi connectivity index (χ0) is 20.9. The van der Waals surface area contributed by atoms with Crippen LogP contribution in [-0.2, 0) is 9.53 Å². The molecule has 0 N–H and O–H groups in total. The molecule has 1 heterocycles. The van der Waals surface area contributed by atoms with Crippen molar-refractivity contribution in [3.8, 4) is 5.75 Å². The third kappa shape index (κ3) is 4.20. The molecule has 30 heavy (non-hydrogen) atoms. The second kappa shape index (κ2) is 8.57. The van der Waals surface area contributed by atoms with Gasteiger partial charge >= 0.3 is 5.97 Å². The molecule has 0 spiro atoms. The number of hydrogen-bond acceptors (Lipinski definition) is 4. The lowest BCUT2D eigenvalue weighted by atomic mass is 10.1. The molecule has 5 heteroatoms. The number of benzene rings is 3. The van der Waals surface area contributed by atoms with E-state index in [1.807, 2.05) is 30.3 Å². The minimum atomic E-state index is -0.621. The minimum Gasteiger partial charge on any atom is -0.482 e. The molecule has 0 bridgehead atoms. The number of esters is 1. The predicted molar refractivity (Wildman–Crippen MR) is 113 cm³/mol. The Kier molecular flexibility index (Phi) is 5.52. The summed E-state index contributed by atoms with van der Waals surface area (Å²) in [6, 6.07) is 23.0. The predicted octanol–water partition coefficient (Wildman–Crippen LogP) is 5.48. The van der Waals surface area contributed by atoms with Crippen molar-refractivity contribution in [1.82, 2.24) is 0 Å². The molecule has 0 fully saturated rings. The zero-order valence-electron chi connectivity index (χ0n) is 16.0. The van der Waals surface area contributed by atoms with E-state index in [0.717, 1.165) is 11.1 Å². The molecule has 4 nitrogen and oxygen atoms in total. The molecule has 1 aliphatic rings. The van der Waals surface area contributed by atoms with Crippen LogP contribution in [0.2, 0.25) is 0 Å². The van der Waals surface area contributed by atoms with Crippen molar-refractivity contribution in [3.05, 3.63) is 120 Å². The molecule has 148 valence electrons. The normalized spacial score (nSPS) is 15.4. The summed E-state index contributed by atoms with van der Waals surface area (Å²) in [5.41, 5.74) is 2.00. The molecule has 0 aromatic heterocycles. The number of cyclic esters (lactones) is 1. The Bertz CT molecular complexity index is 1130. The first-order valence-electron chi connectivity index (χ1n) is 9.36. The summed E-state index contributed by atoms with van der Waals surface area (Å²) in [7, 11) is 0. The van der Waals surface area contributed by atoms with E-state index in [2.05, 4.69) is 11.6 Å². The van der Waals surface area contributed by atoms with Crippen LogP contribution >= 0.6 is 0 Å². The number of carbonyl (C=O) groups excluding carboxylic acids is 1. The van der Waals surface area contributed by atoms with Crippen LogP contribution in [0.1, 0.15) is 22.8 Å². The smallest absolute Gasteiger partial charge is 0.363 e. The summed E-state index contributed by atoms with van der Waals surface area (Å²) in [6.07, 6.45) is 3.05. The Morgan fingerprint density at radius 2 is 1.67 bits per heavy atom. The zero-order valence-corrected chi connectivity index (χ0v) is 16.0. The second-order valence-corrected chi connectivity index (χ2v) is 6.57. The Morgan fingerprint density at radius 3 is 2.37 bits per heavy atom. The number of ether oxygens (including phenoxy) is 2. The fraction of sp³-hybridized carbons (Fsp3) is 0.0400. The minimum absolute atomic E-state index is 0.0408. The molecule has 0 amide bonds. The van der Waals surface area contributed by atoms with Gasteiger partial charge in [0.1, 0.15) is 17.7 Å². The van der Waals surface area contributed by atoms with E-state index in [1.165, 1.54) is 12.1 Å².